The molecule has 0 bridgehead atoms. The number of thiophene rings is 1. The van der Waals surface area contributed by atoms with E-state index in [4.69, 9.17) is 9.47 Å². The van der Waals surface area contributed by atoms with Crippen LogP contribution in [0.5, 0.6) is 0 Å². The van der Waals surface area contributed by atoms with Gasteiger partial charge in [-0.15, -0.1) is 11.3 Å². The molecule has 4 rings (SSSR count). The molecule has 3 saturated heterocycles. The van der Waals surface area contributed by atoms with E-state index in [1.807, 2.05) is 18.4 Å². The first-order valence-electron chi connectivity index (χ1n) is 10.1. The van der Waals surface area contributed by atoms with Gasteiger partial charge in [0.1, 0.15) is 0 Å². The molecule has 1 N–H and O–H groups in total. The summed E-state index contributed by atoms with van der Waals surface area (Å²) in [6, 6.07) is 4.76. The van der Waals surface area contributed by atoms with Crippen LogP contribution >= 0.6 is 11.3 Å². The molecule has 4 heterocycles. The van der Waals surface area contributed by atoms with Gasteiger partial charge >= 0.3 is 0 Å². The highest BCUT2D eigenvalue weighted by molar-refractivity contribution is 7.10. The second-order valence-corrected chi connectivity index (χ2v) is 9.09. The van der Waals surface area contributed by atoms with E-state index >= 15 is 0 Å². The van der Waals surface area contributed by atoms with Crippen LogP contribution in [-0.2, 0) is 9.47 Å². The molecular formula is C20H32N4O2S. The Bertz CT molecular complexity index is 630. The normalized spacial score (nSPS) is 31.0. The van der Waals surface area contributed by atoms with Gasteiger partial charge in [-0.05, 0) is 31.2 Å². The van der Waals surface area contributed by atoms with Crippen molar-refractivity contribution in [2.45, 2.75) is 31.9 Å². The molecule has 27 heavy (non-hydrogen) atoms. The van der Waals surface area contributed by atoms with Crippen LogP contribution < -0.4 is 5.32 Å². The number of hydrogen-bond acceptors (Lipinski definition) is 5. The number of likely N-dealkylation sites (tertiary alicyclic amines) is 1. The highest BCUT2D eigenvalue weighted by Gasteiger charge is 2.42. The minimum atomic E-state index is 0.293. The van der Waals surface area contributed by atoms with Crippen molar-refractivity contribution >= 4 is 17.3 Å². The molecule has 3 atom stereocenters. The van der Waals surface area contributed by atoms with E-state index < -0.39 is 0 Å². The van der Waals surface area contributed by atoms with Crippen molar-refractivity contribution in [1.82, 2.24) is 15.1 Å². The Hall–Kier alpha value is -1.15. The Morgan fingerprint density at radius 1 is 1.41 bits per heavy atom. The van der Waals surface area contributed by atoms with E-state index in [1.54, 1.807) is 0 Å². The van der Waals surface area contributed by atoms with Crippen LogP contribution in [0.2, 0.25) is 0 Å². The van der Waals surface area contributed by atoms with Crippen LogP contribution in [0.3, 0.4) is 0 Å². The van der Waals surface area contributed by atoms with Gasteiger partial charge in [-0.3, -0.25) is 9.89 Å². The topological polar surface area (TPSA) is 49.3 Å². The van der Waals surface area contributed by atoms with Crippen LogP contribution in [0.4, 0.5) is 0 Å². The fourth-order valence-electron chi connectivity index (χ4n) is 4.63. The van der Waals surface area contributed by atoms with Crippen LogP contribution in [0.25, 0.3) is 0 Å². The van der Waals surface area contributed by atoms with Crippen LogP contribution in [0.1, 0.15) is 30.7 Å². The van der Waals surface area contributed by atoms with E-state index in [-0.39, 0.29) is 0 Å². The van der Waals surface area contributed by atoms with E-state index in [2.05, 4.69) is 44.5 Å². The maximum Gasteiger partial charge on any atom is 0.193 e. The number of nitrogens with one attached hydrogen (secondary N) is 1. The number of ether oxygens (including phenoxy) is 2. The second kappa shape index (κ2) is 8.47. The van der Waals surface area contributed by atoms with Gasteiger partial charge in [-0.2, -0.15) is 0 Å². The highest BCUT2D eigenvalue weighted by Crippen LogP contribution is 2.38. The lowest BCUT2D eigenvalue weighted by Gasteiger charge is -2.37. The van der Waals surface area contributed by atoms with Gasteiger partial charge in [0.05, 0.1) is 25.4 Å². The molecule has 3 fully saturated rings. The fraction of sp³-hybridized carbons (Fsp3) is 0.750. The minimum absolute atomic E-state index is 0.293. The van der Waals surface area contributed by atoms with Gasteiger partial charge in [-0.1, -0.05) is 6.07 Å². The lowest BCUT2D eigenvalue weighted by Crippen LogP contribution is -2.48. The first-order valence-corrected chi connectivity index (χ1v) is 11.0. The Morgan fingerprint density at radius 2 is 2.33 bits per heavy atom. The van der Waals surface area contributed by atoms with Gasteiger partial charge in [0.2, 0.25) is 0 Å². The van der Waals surface area contributed by atoms with Crippen molar-refractivity contribution in [3.8, 4) is 0 Å². The molecule has 3 unspecified atom stereocenters. The quantitative estimate of drug-likeness (QED) is 0.629. The van der Waals surface area contributed by atoms with Crippen molar-refractivity contribution in [3.63, 3.8) is 0 Å². The smallest absolute Gasteiger partial charge is 0.193 e. The fourth-order valence-corrected chi connectivity index (χ4v) is 5.49. The zero-order valence-electron chi connectivity index (χ0n) is 16.5. The van der Waals surface area contributed by atoms with Gasteiger partial charge < -0.3 is 19.7 Å². The predicted octanol–water partition coefficient (Wildman–Crippen LogP) is 2.20. The standard InChI is InChI=1S/C20H32N4O2S/c1-16-13-23(8-10-26-16)17(18-4-3-11-27-18)12-22-19(21-2)24-7-5-20(14-24)6-9-25-15-20/h3-4,11,16-17H,5-10,12-15H2,1-2H3,(H,21,22). The lowest BCUT2D eigenvalue weighted by molar-refractivity contribution is -0.0334. The number of aliphatic imine (C=N–C) groups is 1. The summed E-state index contributed by atoms with van der Waals surface area (Å²) in [5.74, 6) is 1.03. The molecule has 6 nitrogen and oxygen atoms in total. The van der Waals surface area contributed by atoms with E-state index in [1.165, 1.54) is 17.7 Å². The van der Waals surface area contributed by atoms with Gasteiger partial charge in [0.15, 0.2) is 5.96 Å². The van der Waals surface area contributed by atoms with Crippen LogP contribution in [-0.4, -0.2) is 81.5 Å². The largest absolute Gasteiger partial charge is 0.381 e. The predicted molar refractivity (Wildman–Crippen MR) is 109 cm³/mol. The second-order valence-electron chi connectivity index (χ2n) is 8.11. The first-order chi connectivity index (χ1) is 13.2. The van der Waals surface area contributed by atoms with Crippen molar-refractivity contribution in [3.05, 3.63) is 22.4 Å². The van der Waals surface area contributed by atoms with E-state index in [9.17, 15) is 0 Å². The summed E-state index contributed by atoms with van der Waals surface area (Å²) in [6.07, 6.45) is 2.69. The Balaban J connectivity index is 1.40. The molecule has 0 saturated carbocycles. The molecule has 1 aromatic rings. The van der Waals surface area contributed by atoms with Crippen molar-refractivity contribution in [1.29, 1.82) is 0 Å². The third-order valence-electron chi connectivity index (χ3n) is 6.17. The van der Waals surface area contributed by atoms with Crippen molar-refractivity contribution in [2.75, 3.05) is 59.6 Å². The molecule has 0 amide bonds. The molecule has 1 aromatic heterocycles. The van der Waals surface area contributed by atoms with Crippen molar-refractivity contribution in [2.24, 2.45) is 10.4 Å². The molecule has 7 heteroatoms. The molecular weight excluding hydrogens is 360 g/mol. The Morgan fingerprint density at radius 3 is 3.04 bits per heavy atom. The zero-order chi connectivity index (χ0) is 18.7. The van der Waals surface area contributed by atoms with Gasteiger partial charge in [-0.25, -0.2) is 0 Å². The molecule has 1 spiro atoms. The molecule has 0 aromatic carbocycles. The SMILES string of the molecule is CN=C(NCC(c1cccs1)N1CCOC(C)C1)N1CCC2(CCOC2)C1. The molecule has 0 aliphatic carbocycles. The number of rotatable bonds is 4. The first kappa shape index (κ1) is 19.2. The molecule has 0 radical (unpaired) electrons. The summed E-state index contributed by atoms with van der Waals surface area (Å²) in [6.45, 7) is 9.76. The summed E-state index contributed by atoms with van der Waals surface area (Å²) in [5.41, 5.74) is 0.352. The summed E-state index contributed by atoms with van der Waals surface area (Å²) in [4.78, 5) is 11.0. The monoisotopic (exact) mass is 392 g/mol. The molecule has 3 aliphatic heterocycles. The number of nitrogens with zero attached hydrogens (tertiary/aromatic N) is 3. The summed E-state index contributed by atoms with van der Waals surface area (Å²) < 4.78 is 11.4. The summed E-state index contributed by atoms with van der Waals surface area (Å²) >= 11 is 1.84. The zero-order valence-corrected chi connectivity index (χ0v) is 17.3. The molecule has 150 valence electrons. The highest BCUT2D eigenvalue weighted by atomic mass is 32.1. The summed E-state index contributed by atoms with van der Waals surface area (Å²) in [5, 5.41) is 5.85. The number of guanidine groups is 1. The molecule has 3 aliphatic rings. The van der Waals surface area contributed by atoms with Gasteiger partial charge in [0.25, 0.3) is 0 Å². The van der Waals surface area contributed by atoms with E-state index in [0.717, 1.165) is 58.5 Å². The average Bonchev–Trinajstić information content (AvgIpc) is 3.43. The lowest BCUT2D eigenvalue weighted by atomic mass is 9.87. The Labute approximate surface area is 166 Å². The third kappa shape index (κ3) is 4.31. The minimum Gasteiger partial charge on any atom is -0.381 e. The van der Waals surface area contributed by atoms with Crippen molar-refractivity contribution < 1.29 is 9.47 Å². The number of hydrogen-bond donors (Lipinski definition) is 1. The van der Waals surface area contributed by atoms with E-state index in [0.29, 0.717) is 17.6 Å². The Kier molecular flexibility index (Phi) is 6.02. The maximum absolute atomic E-state index is 5.75. The third-order valence-corrected chi connectivity index (χ3v) is 7.15. The van der Waals surface area contributed by atoms with Crippen LogP contribution in [0.15, 0.2) is 22.5 Å². The average molecular weight is 393 g/mol. The number of morpholine rings is 1. The maximum atomic E-state index is 5.75. The van der Waals surface area contributed by atoms with Crippen LogP contribution in [0, 0.1) is 5.41 Å². The summed E-state index contributed by atoms with van der Waals surface area (Å²) in [7, 11) is 1.90. The van der Waals surface area contributed by atoms with Gasteiger partial charge in [0, 0.05) is 56.7 Å².